The van der Waals surface area contributed by atoms with Crippen molar-refractivity contribution < 1.29 is 9.94 Å². The Kier molecular flexibility index (Phi) is 3.93. The maximum atomic E-state index is 8.79. The molecule has 0 bridgehead atoms. The number of rotatable bonds is 6. The van der Waals surface area contributed by atoms with Gasteiger partial charge in [0.1, 0.15) is 12.1 Å². The van der Waals surface area contributed by atoms with Crippen molar-refractivity contribution in [1.29, 1.82) is 0 Å². The second kappa shape index (κ2) is 5.63. The van der Waals surface area contributed by atoms with Crippen molar-refractivity contribution in [2.45, 2.75) is 18.9 Å². The number of hydrogen-bond donors (Lipinski definition) is 2. The number of anilines is 1. The maximum absolute atomic E-state index is 8.79. The van der Waals surface area contributed by atoms with E-state index >= 15 is 0 Å². The molecule has 1 aliphatic rings. The molecule has 0 atom stereocenters. The van der Waals surface area contributed by atoms with Crippen molar-refractivity contribution in [3.05, 3.63) is 18.1 Å². The zero-order chi connectivity index (χ0) is 13.0. The van der Waals surface area contributed by atoms with Gasteiger partial charge in [0.05, 0.1) is 12.2 Å². The van der Waals surface area contributed by atoms with E-state index in [1.165, 1.54) is 6.33 Å². The Labute approximate surface area is 105 Å². The Bertz CT molecular complexity index is 433. The first-order chi connectivity index (χ1) is 8.77. The molecule has 0 spiro atoms. The quantitative estimate of drug-likeness (QED) is 0.324. The molecule has 0 amide bonds. The van der Waals surface area contributed by atoms with Crippen LogP contribution in [0.15, 0.2) is 17.7 Å². The first-order valence-electron chi connectivity index (χ1n) is 5.81. The van der Waals surface area contributed by atoms with E-state index in [1.807, 2.05) is 0 Å². The van der Waals surface area contributed by atoms with E-state index in [0.717, 1.165) is 19.4 Å². The lowest BCUT2D eigenvalue weighted by Gasteiger charge is -2.24. The highest BCUT2D eigenvalue weighted by atomic mass is 16.5. The summed E-state index contributed by atoms with van der Waals surface area (Å²) in [4.78, 5) is 10.3. The summed E-state index contributed by atoms with van der Waals surface area (Å²) in [6.07, 6.45) is 5.28. The zero-order valence-corrected chi connectivity index (χ0v) is 10.3. The van der Waals surface area contributed by atoms with Gasteiger partial charge in [-0.2, -0.15) is 0 Å². The number of ether oxygens (including phenoxy) is 1. The van der Waals surface area contributed by atoms with E-state index in [9.17, 15) is 0 Å². The summed E-state index contributed by atoms with van der Waals surface area (Å²) in [5.74, 6) is 0.716. The van der Waals surface area contributed by atoms with Gasteiger partial charge in [-0.25, -0.2) is 9.97 Å². The average Bonchev–Trinajstić information content (AvgIpc) is 3.23. The van der Waals surface area contributed by atoms with Crippen molar-refractivity contribution >= 4 is 11.7 Å². The molecule has 7 heteroatoms. The van der Waals surface area contributed by atoms with Gasteiger partial charge < -0.3 is 20.6 Å². The molecular weight excluding hydrogens is 234 g/mol. The molecule has 3 N–H and O–H groups in total. The van der Waals surface area contributed by atoms with Crippen LogP contribution >= 0.6 is 0 Å². The third-order valence-electron chi connectivity index (χ3n) is 2.87. The summed E-state index contributed by atoms with van der Waals surface area (Å²) >= 11 is 0. The van der Waals surface area contributed by atoms with Crippen LogP contribution < -0.4 is 10.6 Å². The van der Waals surface area contributed by atoms with Crippen molar-refractivity contribution in [2.24, 2.45) is 10.9 Å². The van der Waals surface area contributed by atoms with Crippen molar-refractivity contribution in [1.82, 2.24) is 9.97 Å². The molecule has 98 valence electrons. The number of amidine groups is 1. The normalized spacial score (nSPS) is 15.7. The first-order valence-corrected chi connectivity index (χ1v) is 5.81. The topological polar surface area (TPSA) is 96.9 Å². The van der Waals surface area contributed by atoms with Crippen LogP contribution in [-0.4, -0.2) is 47.3 Å². The van der Waals surface area contributed by atoms with Crippen LogP contribution in [0.4, 0.5) is 5.82 Å². The molecule has 1 heterocycles. The highest BCUT2D eigenvalue weighted by Gasteiger charge is 2.31. The predicted molar refractivity (Wildman–Crippen MR) is 66.8 cm³/mol. The molecule has 0 radical (unpaired) electrons. The van der Waals surface area contributed by atoms with Crippen molar-refractivity contribution in [2.75, 3.05) is 25.2 Å². The van der Waals surface area contributed by atoms with E-state index in [0.29, 0.717) is 24.0 Å². The highest BCUT2D eigenvalue weighted by molar-refractivity contribution is 6.01. The summed E-state index contributed by atoms with van der Waals surface area (Å²) in [5, 5.41) is 11.8. The van der Waals surface area contributed by atoms with E-state index in [1.54, 1.807) is 13.3 Å². The lowest BCUT2D eigenvalue weighted by Crippen LogP contribution is -2.32. The smallest absolute Gasteiger partial charge is 0.175 e. The molecule has 1 aromatic heterocycles. The molecule has 0 unspecified atom stereocenters. The SMILES string of the molecule is COCCN(c1ncncc1C(N)=NO)C1CC1. The van der Waals surface area contributed by atoms with Crippen molar-refractivity contribution in [3.8, 4) is 0 Å². The van der Waals surface area contributed by atoms with Gasteiger partial charge >= 0.3 is 0 Å². The fourth-order valence-electron chi connectivity index (χ4n) is 1.82. The van der Waals surface area contributed by atoms with Crippen LogP contribution in [0.1, 0.15) is 18.4 Å². The first kappa shape index (κ1) is 12.6. The zero-order valence-electron chi connectivity index (χ0n) is 10.3. The number of hydrogen-bond acceptors (Lipinski definition) is 6. The third kappa shape index (κ3) is 2.67. The van der Waals surface area contributed by atoms with Crippen LogP contribution in [0.25, 0.3) is 0 Å². The minimum atomic E-state index is 0.0219. The summed E-state index contributed by atoms with van der Waals surface area (Å²) in [7, 11) is 1.66. The minimum Gasteiger partial charge on any atom is -0.409 e. The number of nitrogens with zero attached hydrogens (tertiary/aromatic N) is 4. The van der Waals surface area contributed by atoms with E-state index in [4.69, 9.17) is 15.7 Å². The predicted octanol–water partition coefficient (Wildman–Crippen LogP) is 0.186. The maximum Gasteiger partial charge on any atom is 0.175 e. The fourth-order valence-corrected chi connectivity index (χ4v) is 1.82. The molecule has 18 heavy (non-hydrogen) atoms. The van der Waals surface area contributed by atoms with Crippen LogP contribution in [-0.2, 0) is 4.74 Å². The number of nitrogens with two attached hydrogens (primary N) is 1. The van der Waals surface area contributed by atoms with E-state index in [2.05, 4.69) is 20.0 Å². The van der Waals surface area contributed by atoms with Gasteiger partial charge in [0, 0.05) is 25.9 Å². The standard InChI is InChI=1S/C11H17N5O2/c1-18-5-4-16(8-2-3-8)11-9(10(12)15-17)6-13-7-14-11/h6-8,17H,2-5H2,1H3,(H2,12,15). The lowest BCUT2D eigenvalue weighted by molar-refractivity contribution is 0.204. The van der Waals surface area contributed by atoms with Gasteiger partial charge in [-0.05, 0) is 12.8 Å². The Morgan fingerprint density at radius 3 is 3.06 bits per heavy atom. The second-order valence-electron chi connectivity index (χ2n) is 4.16. The largest absolute Gasteiger partial charge is 0.409 e. The number of methoxy groups -OCH3 is 1. The highest BCUT2D eigenvalue weighted by Crippen LogP contribution is 2.31. The summed E-state index contributed by atoms with van der Waals surface area (Å²) in [5.41, 5.74) is 6.19. The molecule has 1 saturated carbocycles. The Morgan fingerprint density at radius 2 is 2.44 bits per heavy atom. The molecule has 0 saturated heterocycles. The average molecular weight is 251 g/mol. The Morgan fingerprint density at radius 1 is 1.67 bits per heavy atom. The molecule has 1 aliphatic carbocycles. The Balaban J connectivity index is 2.28. The molecule has 1 aromatic rings. The number of aromatic nitrogens is 2. The molecule has 0 aliphatic heterocycles. The van der Waals surface area contributed by atoms with Crippen LogP contribution in [0.3, 0.4) is 0 Å². The lowest BCUT2D eigenvalue weighted by atomic mass is 10.2. The van der Waals surface area contributed by atoms with Gasteiger partial charge in [0.15, 0.2) is 5.84 Å². The van der Waals surface area contributed by atoms with Crippen molar-refractivity contribution in [3.63, 3.8) is 0 Å². The van der Waals surface area contributed by atoms with Gasteiger partial charge in [-0.15, -0.1) is 0 Å². The van der Waals surface area contributed by atoms with Crippen LogP contribution in [0.2, 0.25) is 0 Å². The van der Waals surface area contributed by atoms with Gasteiger partial charge in [-0.3, -0.25) is 0 Å². The summed E-state index contributed by atoms with van der Waals surface area (Å²) in [6.45, 7) is 1.33. The molecule has 0 aromatic carbocycles. The minimum absolute atomic E-state index is 0.0219. The molecule has 7 nitrogen and oxygen atoms in total. The van der Waals surface area contributed by atoms with Gasteiger partial charge in [-0.1, -0.05) is 5.16 Å². The van der Waals surface area contributed by atoms with Crippen LogP contribution in [0, 0.1) is 0 Å². The van der Waals surface area contributed by atoms with E-state index < -0.39 is 0 Å². The number of oxime groups is 1. The molecular formula is C11H17N5O2. The van der Waals surface area contributed by atoms with Gasteiger partial charge in [0.25, 0.3) is 0 Å². The van der Waals surface area contributed by atoms with Crippen LogP contribution in [0.5, 0.6) is 0 Å². The third-order valence-corrected chi connectivity index (χ3v) is 2.87. The summed E-state index contributed by atoms with van der Waals surface area (Å²) < 4.78 is 5.10. The monoisotopic (exact) mass is 251 g/mol. The van der Waals surface area contributed by atoms with Gasteiger partial charge in [0.2, 0.25) is 0 Å². The molecule has 1 fully saturated rings. The fraction of sp³-hybridized carbons (Fsp3) is 0.545. The van der Waals surface area contributed by atoms with E-state index in [-0.39, 0.29) is 5.84 Å². The summed E-state index contributed by atoms with van der Waals surface area (Å²) in [6, 6.07) is 0.459. The molecule has 2 rings (SSSR count). The Hall–Kier alpha value is -1.89. The second-order valence-corrected chi connectivity index (χ2v) is 4.16.